The number of carbonyl (C=O) groups is 2. The molecule has 0 aromatic rings. The summed E-state index contributed by atoms with van der Waals surface area (Å²) in [6.07, 6.45) is 2.47. The van der Waals surface area contributed by atoms with Crippen LogP contribution in [-0.2, 0) is 9.59 Å². The van der Waals surface area contributed by atoms with Gasteiger partial charge in [-0.25, -0.2) is 0 Å². The second-order valence-electron chi connectivity index (χ2n) is 3.37. The Morgan fingerprint density at radius 3 is 2.47 bits per heavy atom. The molecule has 15 heavy (non-hydrogen) atoms. The summed E-state index contributed by atoms with van der Waals surface area (Å²) in [5.74, 6) is -0.820. The van der Waals surface area contributed by atoms with Gasteiger partial charge in [-0.1, -0.05) is 6.92 Å². The van der Waals surface area contributed by atoms with Crippen molar-refractivity contribution >= 4 is 23.6 Å². The molecule has 5 heteroatoms. The third-order valence-electron chi connectivity index (χ3n) is 2.19. The van der Waals surface area contributed by atoms with Crippen LogP contribution >= 0.6 is 11.8 Å². The van der Waals surface area contributed by atoms with Gasteiger partial charge in [0.05, 0.1) is 6.42 Å². The van der Waals surface area contributed by atoms with Gasteiger partial charge >= 0.3 is 5.97 Å². The molecule has 1 unspecified atom stereocenters. The van der Waals surface area contributed by atoms with Crippen LogP contribution in [0.25, 0.3) is 0 Å². The molecule has 88 valence electrons. The minimum atomic E-state index is -0.862. The van der Waals surface area contributed by atoms with Gasteiger partial charge in [0.2, 0.25) is 5.91 Å². The fourth-order valence-corrected chi connectivity index (χ4v) is 1.46. The molecular formula is C10H19NO3S. The number of hydrogen-bond acceptors (Lipinski definition) is 3. The summed E-state index contributed by atoms with van der Waals surface area (Å²) in [6.45, 7) is 4.75. The van der Waals surface area contributed by atoms with E-state index in [0.717, 1.165) is 0 Å². The standard InChI is InChI=1S/C10H19NO3S/c1-4-11(6-5-10(13)14)9(12)7-8(2)15-3/h8H,4-7H2,1-3H3,(H,13,14). The number of hydrogen-bond donors (Lipinski definition) is 1. The minimum Gasteiger partial charge on any atom is -0.481 e. The SMILES string of the molecule is CCN(CCC(=O)O)C(=O)CC(C)SC. The predicted molar refractivity (Wildman–Crippen MR) is 62.1 cm³/mol. The molecule has 0 aliphatic heterocycles. The number of carboxylic acid groups (broad SMARTS) is 1. The van der Waals surface area contributed by atoms with Crippen molar-refractivity contribution in [3.63, 3.8) is 0 Å². The monoisotopic (exact) mass is 233 g/mol. The van der Waals surface area contributed by atoms with E-state index in [1.165, 1.54) is 0 Å². The first-order valence-electron chi connectivity index (χ1n) is 5.03. The van der Waals surface area contributed by atoms with E-state index in [2.05, 4.69) is 0 Å². The average Bonchev–Trinajstić information content (AvgIpc) is 2.18. The molecule has 0 heterocycles. The van der Waals surface area contributed by atoms with Gasteiger partial charge in [0, 0.05) is 24.8 Å². The zero-order chi connectivity index (χ0) is 11.8. The summed E-state index contributed by atoms with van der Waals surface area (Å²) >= 11 is 1.64. The predicted octanol–water partition coefficient (Wildman–Crippen LogP) is 1.45. The maximum atomic E-state index is 11.7. The summed E-state index contributed by atoms with van der Waals surface area (Å²) in [5.41, 5.74) is 0. The quantitative estimate of drug-likeness (QED) is 0.723. The van der Waals surface area contributed by atoms with Crippen molar-refractivity contribution in [2.45, 2.75) is 31.9 Å². The summed E-state index contributed by atoms with van der Waals surface area (Å²) in [5, 5.41) is 8.81. The third kappa shape index (κ3) is 6.38. The van der Waals surface area contributed by atoms with E-state index >= 15 is 0 Å². The average molecular weight is 233 g/mol. The van der Waals surface area contributed by atoms with Crippen LogP contribution in [0.5, 0.6) is 0 Å². The van der Waals surface area contributed by atoms with Crippen molar-refractivity contribution < 1.29 is 14.7 Å². The van der Waals surface area contributed by atoms with Crippen LogP contribution in [0.2, 0.25) is 0 Å². The van der Waals surface area contributed by atoms with E-state index in [9.17, 15) is 9.59 Å². The number of nitrogens with zero attached hydrogens (tertiary/aromatic N) is 1. The largest absolute Gasteiger partial charge is 0.481 e. The van der Waals surface area contributed by atoms with E-state index in [-0.39, 0.29) is 17.6 Å². The zero-order valence-corrected chi connectivity index (χ0v) is 10.3. The first kappa shape index (κ1) is 14.3. The Labute approximate surface area is 95.0 Å². The molecule has 0 aliphatic carbocycles. The second-order valence-corrected chi connectivity index (χ2v) is 4.64. The molecule has 0 bridgehead atoms. The van der Waals surface area contributed by atoms with Crippen LogP contribution in [0.4, 0.5) is 0 Å². The molecular weight excluding hydrogens is 214 g/mol. The Balaban J connectivity index is 4.04. The molecule has 0 spiro atoms. The smallest absolute Gasteiger partial charge is 0.305 e. The van der Waals surface area contributed by atoms with Crippen LogP contribution in [0.3, 0.4) is 0 Å². The van der Waals surface area contributed by atoms with Crippen LogP contribution in [0, 0.1) is 0 Å². The van der Waals surface area contributed by atoms with Gasteiger partial charge in [0.1, 0.15) is 0 Å². The summed E-state index contributed by atoms with van der Waals surface area (Å²) in [7, 11) is 0. The molecule has 0 radical (unpaired) electrons. The number of thioether (sulfide) groups is 1. The fraction of sp³-hybridized carbons (Fsp3) is 0.800. The van der Waals surface area contributed by atoms with Gasteiger partial charge in [-0.05, 0) is 13.2 Å². The Kier molecular flexibility index (Phi) is 7.21. The van der Waals surface area contributed by atoms with E-state index in [0.29, 0.717) is 19.5 Å². The van der Waals surface area contributed by atoms with Crippen molar-refractivity contribution in [3.8, 4) is 0 Å². The Morgan fingerprint density at radius 1 is 1.47 bits per heavy atom. The van der Waals surface area contributed by atoms with E-state index in [1.807, 2.05) is 20.1 Å². The molecule has 1 atom stereocenters. The van der Waals surface area contributed by atoms with Crippen LogP contribution in [0.15, 0.2) is 0 Å². The van der Waals surface area contributed by atoms with Crippen molar-refractivity contribution in [1.82, 2.24) is 4.90 Å². The van der Waals surface area contributed by atoms with Crippen molar-refractivity contribution in [1.29, 1.82) is 0 Å². The van der Waals surface area contributed by atoms with Crippen LogP contribution in [-0.4, -0.2) is 46.5 Å². The minimum absolute atomic E-state index is 0.0211. The molecule has 0 aromatic carbocycles. The summed E-state index contributed by atoms with van der Waals surface area (Å²) < 4.78 is 0. The second kappa shape index (κ2) is 7.56. The van der Waals surface area contributed by atoms with Gasteiger partial charge in [0.25, 0.3) is 0 Å². The zero-order valence-electron chi connectivity index (χ0n) is 9.52. The third-order valence-corrected chi connectivity index (χ3v) is 3.17. The molecule has 1 N–H and O–H groups in total. The highest BCUT2D eigenvalue weighted by Gasteiger charge is 2.15. The lowest BCUT2D eigenvalue weighted by atomic mass is 10.2. The maximum absolute atomic E-state index is 11.7. The first-order chi connectivity index (χ1) is 7.01. The van der Waals surface area contributed by atoms with Gasteiger partial charge in [0.15, 0.2) is 0 Å². The fourth-order valence-electron chi connectivity index (χ4n) is 1.15. The Bertz CT molecular complexity index is 221. The lowest BCUT2D eigenvalue weighted by molar-refractivity contribution is -0.138. The highest BCUT2D eigenvalue weighted by Crippen LogP contribution is 2.11. The number of aliphatic carboxylic acids is 1. The number of amides is 1. The Morgan fingerprint density at radius 2 is 2.07 bits per heavy atom. The molecule has 0 saturated carbocycles. The molecule has 0 saturated heterocycles. The molecule has 1 amide bonds. The van der Waals surface area contributed by atoms with Gasteiger partial charge in [-0.15, -0.1) is 0 Å². The van der Waals surface area contributed by atoms with Gasteiger partial charge in [-0.3, -0.25) is 9.59 Å². The summed E-state index contributed by atoms with van der Waals surface area (Å²) in [6, 6.07) is 0. The summed E-state index contributed by atoms with van der Waals surface area (Å²) in [4.78, 5) is 23.7. The number of rotatable bonds is 7. The highest BCUT2D eigenvalue weighted by molar-refractivity contribution is 7.99. The molecule has 4 nitrogen and oxygen atoms in total. The van der Waals surface area contributed by atoms with Crippen LogP contribution in [0.1, 0.15) is 26.7 Å². The van der Waals surface area contributed by atoms with Gasteiger partial charge in [-0.2, -0.15) is 11.8 Å². The van der Waals surface area contributed by atoms with Crippen molar-refractivity contribution in [2.24, 2.45) is 0 Å². The number of carbonyl (C=O) groups excluding carboxylic acids is 1. The van der Waals surface area contributed by atoms with Gasteiger partial charge < -0.3 is 10.0 Å². The van der Waals surface area contributed by atoms with Crippen LogP contribution < -0.4 is 0 Å². The normalized spacial score (nSPS) is 12.2. The van der Waals surface area contributed by atoms with E-state index in [4.69, 9.17) is 5.11 Å². The number of carboxylic acids is 1. The topological polar surface area (TPSA) is 57.6 Å². The van der Waals surface area contributed by atoms with Crippen molar-refractivity contribution in [2.75, 3.05) is 19.3 Å². The molecule has 0 rings (SSSR count). The van der Waals surface area contributed by atoms with Crippen molar-refractivity contribution in [3.05, 3.63) is 0 Å². The molecule has 0 fully saturated rings. The van der Waals surface area contributed by atoms with E-state index < -0.39 is 5.97 Å². The lowest BCUT2D eigenvalue weighted by Crippen LogP contribution is -2.34. The maximum Gasteiger partial charge on any atom is 0.305 e. The Hall–Kier alpha value is -0.710. The highest BCUT2D eigenvalue weighted by atomic mass is 32.2. The lowest BCUT2D eigenvalue weighted by Gasteiger charge is -2.21. The molecule has 0 aromatic heterocycles. The molecule has 0 aliphatic rings. The van der Waals surface area contributed by atoms with E-state index in [1.54, 1.807) is 16.7 Å². The first-order valence-corrected chi connectivity index (χ1v) is 6.32.